The van der Waals surface area contributed by atoms with Gasteiger partial charge in [0.1, 0.15) is 6.10 Å². The number of para-hydroxylation sites is 1. The van der Waals surface area contributed by atoms with E-state index in [4.69, 9.17) is 52.1 Å². The summed E-state index contributed by atoms with van der Waals surface area (Å²) in [6, 6.07) is 15.9. The average Bonchev–Trinajstić information content (AvgIpc) is 3.03. The number of hydrogen-bond acceptors (Lipinski definition) is 18. The van der Waals surface area contributed by atoms with Gasteiger partial charge >= 0.3 is 6.09 Å². The summed E-state index contributed by atoms with van der Waals surface area (Å²) in [7, 11) is 0. The van der Waals surface area contributed by atoms with Crippen LogP contribution in [0.4, 0.5) is 10.5 Å². The highest BCUT2D eigenvalue weighted by Crippen LogP contribution is 2.33. The summed E-state index contributed by atoms with van der Waals surface area (Å²) in [5, 5.41) is 8.26. The van der Waals surface area contributed by atoms with Crippen molar-refractivity contribution in [2.75, 3.05) is 176 Å². The lowest BCUT2D eigenvalue weighted by molar-refractivity contribution is -0.137. The number of imide groups is 1. The van der Waals surface area contributed by atoms with E-state index in [1.54, 1.807) is 9.80 Å². The SMILES string of the molecule is C/C1=C/c2ccccc2CN(C(=O)CCC(=O)NCCOCCOCCOCCN(CCOCCOCCOCCNC(=O)O[C@H]2CC/C=C/CCC2)C(=O)CCOCCOCCOCCOCCNC(=O)CCN2C(=O)C=CC2=O)c2ccccc21. The maximum Gasteiger partial charge on any atom is 0.407 e. The number of nitrogens with one attached hydrogen (secondary N) is 3. The first kappa shape index (κ1) is 71.3. The zero-order chi connectivity index (χ0) is 61.8. The molecule has 0 unspecified atom stereocenters. The molecule has 5 rings (SSSR count). The highest BCUT2D eigenvalue weighted by Gasteiger charge is 2.25. The smallest absolute Gasteiger partial charge is 0.407 e. The van der Waals surface area contributed by atoms with Crippen LogP contribution in [0, 0.1) is 0 Å². The molecule has 0 saturated heterocycles. The number of alkyl carbamates (subject to hydrolysis) is 1. The molecular formula is C63H92N6O18. The number of hydrogen-bond donors (Lipinski definition) is 3. The van der Waals surface area contributed by atoms with Gasteiger partial charge < -0.3 is 77.9 Å². The fourth-order valence-corrected chi connectivity index (χ4v) is 9.11. The van der Waals surface area contributed by atoms with Gasteiger partial charge in [-0.25, -0.2) is 4.79 Å². The Morgan fingerprint density at radius 1 is 0.529 bits per heavy atom. The zero-order valence-electron chi connectivity index (χ0n) is 50.7. The molecule has 1 atom stereocenters. The third-order valence-electron chi connectivity index (χ3n) is 13.8. The molecule has 0 saturated carbocycles. The highest BCUT2D eigenvalue weighted by molar-refractivity contribution is 6.13. The predicted molar refractivity (Wildman–Crippen MR) is 323 cm³/mol. The molecule has 0 aromatic heterocycles. The first-order valence-electron chi connectivity index (χ1n) is 30.5. The Hall–Kier alpha value is -6.45. The molecule has 24 heteroatoms. The van der Waals surface area contributed by atoms with Crippen molar-refractivity contribution in [2.24, 2.45) is 0 Å². The average molecular weight is 1220 g/mol. The summed E-state index contributed by atoms with van der Waals surface area (Å²) >= 11 is 0. The zero-order valence-corrected chi connectivity index (χ0v) is 50.7. The predicted octanol–water partition coefficient (Wildman–Crippen LogP) is 4.42. The minimum Gasteiger partial charge on any atom is -0.446 e. The van der Waals surface area contributed by atoms with Crippen molar-refractivity contribution in [1.82, 2.24) is 25.8 Å². The fraction of sp³-hybridized carbons (Fsp3) is 0.603. The van der Waals surface area contributed by atoms with Gasteiger partial charge in [0, 0.05) is 76.2 Å². The Kier molecular flexibility index (Phi) is 36.8. The van der Waals surface area contributed by atoms with Crippen LogP contribution in [0.3, 0.4) is 0 Å². The third kappa shape index (κ3) is 30.8. The number of carbonyl (C=O) groups excluding carboxylic acids is 7. The van der Waals surface area contributed by atoms with Gasteiger partial charge in [-0.1, -0.05) is 60.7 Å². The quantitative estimate of drug-likeness (QED) is 0.0470. The Labute approximate surface area is 511 Å². The third-order valence-corrected chi connectivity index (χ3v) is 13.8. The maximum atomic E-state index is 13.6. The summed E-state index contributed by atoms with van der Waals surface area (Å²) in [6.45, 7) is 10.3. The van der Waals surface area contributed by atoms with Gasteiger partial charge in [0.25, 0.3) is 11.8 Å². The second-order valence-electron chi connectivity index (χ2n) is 20.3. The van der Waals surface area contributed by atoms with Crippen molar-refractivity contribution in [1.29, 1.82) is 0 Å². The van der Waals surface area contributed by atoms with Crippen LogP contribution in [0.2, 0.25) is 0 Å². The fourth-order valence-electron chi connectivity index (χ4n) is 9.11. The number of amides is 7. The van der Waals surface area contributed by atoms with E-state index < -0.39 is 17.9 Å². The van der Waals surface area contributed by atoms with Crippen LogP contribution >= 0.6 is 0 Å². The maximum absolute atomic E-state index is 13.6. The van der Waals surface area contributed by atoms with E-state index in [1.165, 1.54) is 12.2 Å². The van der Waals surface area contributed by atoms with E-state index >= 15 is 0 Å². The number of allylic oxidation sites excluding steroid dienone is 3. The molecule has 1 aliphatic carbocycles. The number of carbonyl (C=O) groups is 7. The molecular weight excluding hydrogens is 1130 g/mol. The van der Waals surface area contributed by atoms with Crippen molar-refractivity contribution >= 4 is 58.9 Å². The Morgan fingerprint density at radius 2 is 1.02 bits per heavy atom. The largest absolute Gasteiger partial charge is 0.446 e. The molecule has 3 N–H and O–H groups in total. The molecule has 0 radical (unpaired) electrons. The highest BCUT2D eigenvalue weighted by atomic mass is 16.6. The van der Waals surface area contributed by atoms with Gasteiger partial charge in [-0.15, -0.1) is 0 Å². The van der Waals surface area contributed by atoms with E-state index in [0.29, 0.717) is 132 Å². The summed E-state index contributed by atoms with van der Waals surface area (Å²) in [5.74, 6) is -1.60. The van der Waals surface area contributed by atoms with E-state index in [9.17, 15) is 33.6 Å². The number of rotatable bonds is 46. The second kappa shape index (κ2) is 44.9. The van der Waals surface area contributed by atoms with Crippen LogP contribution in [0.15, 0.2) is 72.8 Å². The van der Waals surface area contributed by atoms with Gasteiger partial charge in [0.05, 0.1) is 151 Å². The second-order valence-corrected chi connectivity index (χ2v) is 20.3. The lowest BCUT2D eigenvalue weighted by Crippen LogP contribution is -2.37. The van der Waals surface area contributed by atoms with E-state index in [0.717, 1.165) is 65.0 Å². The van der Waals surface area contributed by atoms with E-state index in [2.05, 4.69) is 34.2 Å². The Bertz CT molecular complexity index is 2440. The molecule has 0 spiro atoms. The molecule has 2 aromatic rings. The van der Waals surface area contributed by atoms with Gasteiger partial charge in [-0.2, -0.15) is 0 Å². The molecule has 0 fully saturated rings. The van der Waals surface area contributed by atoms with Gasteiger partial charge in [-0.05, 0) is 61.8 Å². The molecule has 482 valence electrons. The minimum absolute atomic E-state index is 0.0164. The standard InChI is InChI=1S/C63H92N6O18/c1-51-49-52-11-7-8-12-53(52)50-69(56-16-10-9-15-55(51)56)62(75)18-17-57(70)64-23-30-78-36-42-84-45-39-81-33-27-67(28-34-82-40-46-85-44-38-80-32-25-66-63(76)87-54-13-5-3-2-4-6-14-54)59(72)22-29-77-35-41-83-47-48-86-43-37-79-31-24-65-58(71)21-26-68-60(73)19-20-61(68)74/h2-3,7-12,15-16,19-20,49,54H,4-6,13-14,17-18,21-48,50H2,1H3,(H,64,70)(H,65,71)(H,66,76)/b3-2+,51-49-/t54-/m0/s1. The molecule has 2 aromatic carbocycles. The number of fused-ring (bicyclic) bond motifs is 2. The topological polar surface area (TPSA) is 267 Å². The lowest BCUT2D eigenvalue weighted by atomic mass is 9.96. The first-order valence-corrected chi connectivity index (χ1v) is 30.5. The molecule has 0 bridgehead atoms. The van der Waals surface area contributed by atoms with Crippen molar-refractivity contribution in [2.45, 2.75) is 77.4 Å². The Balaban J connectivity index is 0.865. The summed E-state index contributed by atoms with van der Waals surface area (Å²) in [4.78, 5) is 91.4. The molecule has 2 aliphatic heterocycles. The molecule has 7 amide bonds. The van der Waals surface area contributed by atoms with Crippen molar-refractivity contribution in [3.8, 4) is 0 Å². The van der Waals surface area contributed by atoms with Gasteiger partial charge in [0.2, 0.25) is 23.6 Å². The summed E-state index contributed by atoms with van der Waals surface area (Å²) in [5.41, 5.74) is 4.98. The molecule has 24 nitrogen and oxygen atoms in total. The van der Waals surface area contributed by atoms with Crippen LogP contribution in [0.25, 0.3) is 11.6 Å². The van der Waals surface area contributed by atoms with Crippen LogP contribution in [-0.2, 0) is 87.4 Å². The van der Waals surface area contributed by atoms with E-state index in [1.807, 2.05) is 55.5 Å². The van der Waals surface area contributed by atoms with Crippen LogP contribution in [0.5, 0.6) is 0 Å². The minimum atomic E-state index is -0.424. The molecule has 3 aliphatic rings. The number of benzene rings is 2. The molecule has 87 heavy (non-hydrogen) atoms. The lowest BCUT2D eigenvalue weighted by Gasteiger charge is -2.28. The summed E-state index contributed by atoms with van der Waals surface area (Å²) in [6.07, 6.45) is 13.3. The van der Waals surface area contributed by atoms with Crippen molar-refractivity contribution < 1.29 is 85.7 Å². The van der Waals surface area contributed by atoms with Crippen molar-refractivity contribution in [3.63, 3.8) is 0 Å². The van der Waals surface area contributed by atoms with Crippen molar-refractivity contribution in [3.05, 3.63) is 89.5 Å². The summed E-state index contributed by atoms with van der Waals surface area (Å²) < 4.78 is 61.8. The van der Waals surface area contributed by atoms with Crippen LogP contribution in [-0.4, -0.2) is 229 Å². The number of nitrogens with zero attached hydrogens (tertiary/aromatic N) is 3. The molecule has 2 heterocycles. The number of anilines is 1. The van der Waals surface area contributed by atoms with Crippen LogP contribution in [0.1, 0.15) is 81.4 Å². The first-order chi connectivity index (χ1) is 42.6. The Morgan fingerprint density at radius 3 is 1.62 bits per heavy atom. The number of ether oxygens (including phenoxy) is 11. The normalized spacial score (nSPS) is 15.7. The van der Waals surface area contributed by atoms with Crippen LogP contribution < -0.4 is 20.9 Å². The van der Waals surface area contributed by atoms with Gasteiger partial charge in [0.15, 0.2) is 0 Å². The van der Waals surface area contributed by atoms with Gasteiger partial charge in [-0.3, -0.25) is 33.7 Å². The van der Waals surface area contributed by atoms with E-state index in [-0.39, 0.29) is 102 Å². The monoisotopic (exact) mass is 1220 g/mol.